The number of benzene rings is 1. The van der Waals surface area contributed by atoms with E-state index in [-0.39, 0.29) is 18.3 Å². The first-order valence-electron chi connectivity index (χ1n) is 12.2. The van der Waals surface area contributed by atoms with E-state index in [0.29, 0.717) is 34.0 Å². The normalized spacial score (nSPS) is 14.6. The number of carbonyl (C=O) groups excluding carboxylic acids is 2. The number of carbonyl (C=O) groups is 2. The van der Waals surface area contributed by atoms with Crippen molar-refractivity contribution in [2.75, 3.05) is 18.2 Å². The van der Waals surface area contributed by atoms with Crippen molar-refractivity contribution in [2.24, 2.45) is 5.92 Å². The SMILES string of the molecule is C=CCn1c(COc2ccc(C)c(C)c2)nnc1SCC(=O)Nc1sc2c(c1C(=O)OC)CCC(C)C2. The average molecular weight is 541 g/mol. The molecule has 0 saturated heterocycles. The zero-order chi connectivity index (χ0) is 26.5. The number of rotatable bonds is 10. The molecule has 1 amide bonds. The Morgan fingerprint density at radius 1 is 1.30 bits per heavy atom. The standard InChI is InChI=1S/C27H32N4O4S2/c1-6-11-31-22(14-35-19-9-8-17(3)18(4)13-19)29-30-27(31)36-15-23(32)28-25-24(26(33)34-5)20-10-7-16(2)12-21(20)37-25/h6,8-9,13,16H,1,7,10-12,14-15H2,2-5H3,(H,28,32). The van der Waals surface area contributed by atoms with E-state index in [2.05, 4.69) is 35.9 Å². The fourth-order valence-corrected chi connectivity index (χ4v) is 6.43. The molecule has 1 aromatic carbocycles. The van der Waals surface area contributed by atoms with Gasteiger partial charge in [0, 0.05) is 11.4 Å². The van der Waals surface area contributed by atoms with Crippen LogP contribution in [-0.2, 0) is 35.5 Å². The Kier molecular flexibility index (Phi) is 8.71. The van der Waals surface area contributed by atoms with Crippen LogP contribution in [0.25, 0.3) is 0 Å². The summed E-state index contributed by atoms with van der Waals surface area (Å²) < 4.78 is 12.8. The minimum atomic E-state index is -0.408. The van der Waals surface area contributed by atoms with Crippen molar-refractivity contribution < 1.29 is 19.1 Å². The van der Waals surface area contributed by atoms with E-state index in [0.717, 1.165) is 41.0 Å². The minimum Gasteiger partial charge on any atom is -0.486 e. The number of hydrogen-bond donors (Lipinski definition) is 1. The quantitative estimate of drug-likeness (QED) is 0.210. The van der Waals surface area contributed by atoms with Gasteiger partial charge in [0.25, 0.3) is 0 Å². The Bertz CT molecular complexity index is 1310. The molecule has 1 atom stereocenters. The number of aromatic nitrogens is 3. The molecule has 0 spiro atoms. The number of allylic oxidation sites excluding steroid dienone is 1. The number of fused-ring (bicyclic) bond motifs is 1. The second-order valence-corrected chi connectivity index (χ2v) is 11.3. The van der Waals surface area contributed by atoms with E-state index in [1.54, 1.807) is 6.08 Å². The first-order chi connectivity index (χ1) is 17.8. The van der Waals surface area contributed by atoms with Crippen molar-refractivity contribution in [3.63, 3.8) is 0 Å². The van der Waals surface area contributed by atoms with Crippen LogP contribution in [0.5, 0.6) is 5.75 Å². The highest BCUT2D eigenvalue weighted by molar-refractivity contribution is 7.99. The van der Waals surface area contributed by atoms with Crippen LogP contribution < -0.4 is 10.1 Å². The van der Waals surface area contributed by atoms with Gasteiger partial charge >= 0.3 is 5.97 Å². The first kappa shape index (κ1) is 26.9. The maximum atomic E-state index is 12.9. The number of thioether (sulfide) groups is 1. The lowest BCUT2D eigenvalue weighted by molar-refractivity contribution is -0.113. The Balaban J connectivity index is 1.43. The van der Waals surface area contributed by atoms with Crippen LogP contribution in [0.3, 0.4) is 0 Å². The lowest BCUT2D eigenvalue weighted by atomic mass is 9.88. The van der Waals surface area contributed by atoms with E-state index in [1.165, 1.54) is 35.8 Å². The summed E-state index contributed by atoms with van der Waals surface area (Å²) in [5.74, 6) is 1.46. The van der Waals surface area contributed by atoms with Gasteiger partial charge in [-0.05, 0) is 67.9 Å². The molecule has 0 aliphatic heterocycles. The third kappa shape index (κ3) is 6.24. The first-order valence-corrected chi connectivity index (χ1v) is 14.0. The number of aryl methyl sites for hydroxylation is 2. The molecule has 1 aliphatic carbocycles. The van der Waals surface area contributed by atoms with Gasteiger partial charge in [0.05, 0.1) is 18.4 Å². The van der Waals surface area contributed by atoms with E-state index < -0.39 is 5.97 Å². The van der Waals surface area contributed by atoms with Crippen LogP contribution >= 0.6 is 23.1 Å². The Hall–Kier alpha value is -3.11. The fourth-order valence-electron chi connectivity index (χ4n) is 4.25. The predicted octanol–water partition coefficient (Wildman–Crippen LogP) is 5.36. The molecule has 0 bridgehead atoms. The molecule has 2 aromatic heterocycles. The molecular weight excluding hydrogens is 508 g/mol. The molecule has 0 fully saturated rings. The fraction of sp³-hybridized carbons (Fsp3) is 0.407. The Morgan fingerprint density at radius 2 is 2.11 bits per heavy atom. The Morgan fingerprint density at radius 3 is 2.84 bits per heavy atom. The van der Waals surface area contributed by atoms with Gasteiger partial charge in [-0.2, -0.15) is 0 Å². The van der Waals surface area contributed by atoms with E-state index in [1.807, 2.05) is 29.7 Å². The maximum Gasteiger partial charge on any atom is 0.341 e. The van der Waals surface area contributed by atoms with Gasteiger partial charge in [-0.15, -0.1) is 28.1 Å². The van der Waals surface area contributed by atoms with Crippen molar-refractivity contribution in [3.8, 4) is 5.75 Å². The number of ether oxygens (including phenoxy) is 2. The van der Waals surface area contributed by atoms with E-state index >= 15 is 0 Å². The zero-order valence-corrected chi connectivity index (χ0v) is 23.3. The summed E-state index contributed by atoms with van der Waals surface area (Å²) in [6.07, 6.45) is 4.50. The van der Waals surface area contributed by atoms with Crippen molar-refractivity contribution >= 4 is 40.0 Å². The highest BCUT2D eigenvalue weighted by Gasteiger charge is 2.29. The molecule has 4 rings (SSSR count). The number of thiophene rings is 1. The summed E-state index contributed by atoms with van der Waals surface area (Å²) in [6, 6.07) is 5.95. The van der Waals surface area contributed by atoms with Crippen molar-refractivity contribution in [3.05, 3.63) is 63.8 Å². The van der Waals surface area contributed by atoms with Crippen molar-refractivity contribution in [2.45, 2.75) is 58.3 Å². The third-order valence-electron chi connectivity index (χ3n) is 6.44. The lowest BCUT2D eigenvalue weighted by Crippen LogP contribution is -2.17. The molecule has 37 heavy (non-hydrogen) atoms. The summed E-state index contributed by atoms with van der Waals surface area (Å²) in [4.78, 5) is 26.6. The number of methoxy groups -OCH3 is 1. The van der Waals surface area contributed by atoms with Crippen LogP contribution in [0.1, 0.15) is 51.1 Å². The van der Waals surface area contributed by atoms with Crippen LogP contribution in [-0.4, -0.2) is 39.5 Å². The summed E-state index contributed by atoms with van der Waals surface area (Å²) in [5.41, 5.74) is 3.87. The third-order valence-corrected chi connectivity index (χ3v) is 8.57. The van der Waals surface area contributed by atoms with Gasteiger partial charge < -0.3 is 14.8 Å². The number of esters is 1. The van der Waals surface area contributed by atoms with Gasteiger partial charge in [-0.25, -0.2) is 4.79 Å². The van der Waals surface area contributed by atoms with Crippen LogP contribution in [0.15, 0.2) is 36.0 Å². The zero-order valence-electron chi connectivity index (χ0n) is 21.6. The number of amides is 1. The second kappa shape index (κ2) is 12.0. The Labute approximate surface area is 225 Å². The van der Waals surface area contributed by atoms with Crippen LogP contribution in [0.2, 0.25) is 0 Å². The molecule has 1 aliphatic rings. The molecule has 10 heteroatoms. The lowest BCUT2D eigenvalue weighted by Gasteiger charge is -2.18. The largest absolute Gasteiger partial charge is 0.486 e. The van der Waals surface area contributed by atoms with Gasteiger partial charge in [0.2, 0.25) is 5.91 Å². The number of anilines is 1. The van der Waals surface area contributed by atoms with Crippen molar-refractivity contribution in [1.82, 2.24) is 14.8 Å². The molecule has 196 valence electrons. The highest BCUT2D eigenvalue weighted by atomic mass is 32.2. The number of nitrogens with one attached hydrogen (secondary N) is 1. The molecule has 3 aromatic rings. The monoisotopic (exact) mass is 540 g/mol. The molecular formula is C27H32N4O4S2. The highest BCUT2D eigenvalue weighted by Crippen LogP contribution is 2.40. The van der Waals surface area contributed by atoms with Gasteiger partial charge in [-0.1, -0.05) is 30.8 Å². The van der Waals surface area contributed by atoms with Gasteiger partial charge in [0.1, 0.15) is 17.4 Å². The second-order valence-electron chi connectivity index (χ2n) is 9.22. The summed E-state index contributed by atoms with van der Waals surface area (Å²) >= 11 is 2.76. The topological polar surface area (TPSA) is 95.3 Å². The average Bonchev–Trinajstić information content (AvgIpc) is 3.43. The van der Waals surface area contributed by atoms with Gasteiger partial charge in [-0.3, -0.25) is 9.36 Å². The minimum absolute atomic E-state index is 0.118. The molecule has 1 N–H and O–H groups in total. The maximum absolute atomic E-state index is 12.9. The summed E-state index contributed by atoms with van der Waals surface area (Å²) in [7, 11) is 1.37. The molecule has 0 saturated carbocycles. The number of hydrogen-bond acceptors (Lipinski definition) is 8. The molecule has 2 heterocycles. The van der Waals surface area contributed by atoms with Crippen LogP contribution in [0.4, 0.5) is 5.00 Å². The predicted molar refractivity (Wildman–Crippen MR) is 147 cm³/mol. The van der Waals surface area contributed by atoms with E-state index in [9.17, 15) is 9.59 Å². The molecule has 8 nitrogen and oxygen atoms in total. The molecule has 0 radical (unpaired) electrons. The number of nitrogens with zero attached hydrogens (tertiary/aromatic N) is 3. The molecule has 1 unspecified atom stereocenters. The van der Waals surface area contributed by atoms with Crippen molar-refractivity contribution in [1.29, 1.82) is 0 Å². The van der Waals surface area contributed by atoms with Crippen LogP contribution in [0, 0.1) is 19.8 Å². The smallest absolute Gasteiger partial charge is 0.341 e. The van der Waals surface area contributed by atoms with E-state index in [4.69, 9.17) is 9.47 Å². The summed E-state index contributed by atoms with van der Waals surface area (Å²) in [5, 5.41) is 12.7. The summed E-state index contributed by atoms with van der Waals surface area (Å²) in [6.45, 7) is 10.9. The van der Waals surface area contributed by atoms with Gasteiger partial charge in [0.15, 0.2) is 11.0 Å².